The van der Waals surface area contributed by atoms with E-state index in [1.807, 2.05) is 12.1 Å². The van der Waals surface area contributed by atoms with Crippen molar-refractivity contribution in [1.82, 2.24) is 0 Å². The Morgan fingerprint density at radius 2 is 1.52 bits per heavy atom. The monoisotopic (exact) mass is 416 g/mol. The van der Waals surface area contributed by atoms with Gasteiger partial charge < -0.3 is 4.74 Å². The van der Waals surface area contributed by atoms with E-state index >= 15 is 0 Å². The zero-order valence-corrected chi connectivity index (χ0v) is 19.4. The Kier molecular flexibility index (Phi) is 7.89. The van der Waals surface area contributed by atoms with Crippen LogP contribution in [0.15, 0.2) is 61.2 Å². The molecule has 4 rings (SSSR count). The summed E-state index contributed by atoms with van der Waals surface area (Å²) in [4.78, 5) is 0. The zero-order chi connectivity index (χ0) is 21.5. The molecule has 2 aliphatic carbocycles. The fourth-order valence-corrected chi connectivity index (χ4v) is 6.08. The molecule has 2 aromatic carbocycles. The summed E-state index contributed by atoms with van der Waals surface area (Å²) in [6.07, 6.45) is 16.3. The highest BCUT2D eigenvalue weighted by atomic mass is 16.5. The zero-order valence-electron chi connectivity index (χ0n) is 19.4. The summed E-state index contributed by atoms with van der Waals surface area (Å²) in [5.41, 5.74) is 4.10. The van der Waals surface area contributed by atoms with Gasteiger partial charge in [0.15, 0.2) is 0 Å². The molecule has 1 nitrogen and oxygen atoms in total. The van der Waals surface area contributed by atoms with Gasteiger partial charge in [-0.1, -0.05) is 88.1 Å². The minimum absolute atomic E-state index is 0.552. The number of benzene rings is 2. The van der Waals surface area contributed by atoms with E-state index in [2.05, 4.69) is 49.9 Å². The quantitative estimate of drug-likeness (QED) is 0.293. The van der Waals surface area contributed by atoms with Crippen molar-refractivity contribution in [3.63, 3.8) is 0 Å². The van der Waals surface area contributed by atoms with E-state index in [9.17, 15) is 0 Å². The van der Waals surface area contributed by atoms with Gasteiger partial charge in [0.1, 0.15) is 12.4 Å². The van der Waals surface area contributed by atoms with Gasteiger partial charge in [-0.3, -0.25) is 0 Å². The molecule has 0 radical (unpaired) electrons. The number of fused-ring (bicyclic) bond motifs is 1. The van der Waals surface area contributed by atoms with Crippen LogP contribution in [0.25, 0.3) is 11.1 Å². The molecule has 0 aliphatic heterocycles. The van der Waals surface area contributed by atoms with Crippen molar-refractivity contribution in [2.45, 2.75) is 77.0 Å². The van der Waals surface area contributed by atoms with Gasteiger partial charge in [0.2, 0.25) is 0 Å². The van der Waals surface area contributed by atoms with E-state index in [-0.39, 0.29) is 0 Å². The van der Waals surface area contributed by atoms with Crippen LogP contribution in [-0.2, 0) is 0 Å². The van der Waals surface area contributed by atoms with Crippen LogP contribution < -0.4 is 4.74 Å². The molecule has 0 N–H and O–H groups in total. The molecule has 2 fully saturated rings. The third-order valence-corrected chi connectivity index (χ3v) is 7.88. The molecule has 0 aromatic heterocycles. The highest BCUT2D eigenvalue weighted by molar-refractivity contribution is 5.64. The largest absolute Gasteiger partial charge is 0.490 e. The first kappa shape index (κ1) is 22.2. The molecule has 4 unspecified atom stereocenters. The molecule has 2 aliphatic rings. The molecule has 0 bridgehead atoms. The summed E-state index contributed by atoms with van der Waals surface area (Å²) >= 11 is 0. The Hall–Kier alpha value is -2.02. The number of rotatable bonds is 9. The Balaban J connectivity index is 1.32. The lowest BCUT2D eigenvalue weighted by Crippen LogP contribution is -2.30. The van der Waals surface area contributed by atoms with E-state index in [1.165, 1.54) is 75.3 Å². The smallest absolute Gasteiger partial charge is 0.119 e. The van der Waals surface area contributed by atoms with Gasteiger partial charge in [-0.15, -0.1) is 0 Å². The highest BCUT2D eigenvalue weighted by Gasteiger charge is 2.35. The Morgan fingerprint density at radius 3 is 2.23 bits per heavy atom. The summed E-state index contributed by atoms with van der Waals surface area (Å²) in [5.74, 6) is 4.68. The second-order valence-electron chi connectivity index (χ2n) is 9.95. The molecule has 1 heteroatoms. The number of ether oxygens (including phenoxy) is 1. The predicted octanol–water partition coefficient (Wildman–Crippen LogP) is 8.80. The second kappa shape index (κ2) is 11.0. The van der Waals surface area contributed by atoms with Crippen molar-refractivity contribution in [3.05, 3.63) is 66.7 Å². The standard InChI is InChI=1S/C30H40O/c1-3-5-6-7-23-8-9-29-22-28(15-14-27(29)21-23)26-12-10-24(11-13-26)25-16-18-30(19-17-25)31-20-4-2/h4,10-13,16-19,23,27-29H,2-3,5-9,14-15,20-22H2,1H3. The maximum atomic E-state index is 5.60. The maximum Gasteiger partial charge on any atom is 0.119 e. The van der Waals surface area contributed by atoms with Gasteiger partial charge in [-0.25, -0.2) is 0 Å². The third-order valence-electron chi connectivity index (χ3n) is 7.88. The second-order valence-corrected chi connectivity index (χ2v) is 9.95. The lowest BCUT2D eigenvalue weighted by atomic mass is 9.63. The van der Waals surface area contributed by atoms with Crippen LogP contribution >= 0.6 is 0 Å². The molecule has 0 heterocycles. The minimum atomic E-state index is 0.552. The SMILES string of the molecule is C=CCOc1ccc(-c2ccc(C3CCC4CC(CCCCC)CCC4C3)cc2)cc1. The first-order valence-corrected chi connectivity index (χ1v) is 12.7. The summed E-state index contributed by atoms with van der Waals surface area (Å²) in [6.45, 7) is 6.57. The van der Waals surface area contributed by atoms with Gasteiger partial charge in [-0.05, 0) is 84.6 Å². The molecule has 2 aromatic rings. The van der Waals surface area contributed by atoms with Crippen molar-refractivity contribution in [2.24, 2.45) is 17.8 Å². The Labute approximate surface area is 189 Å². The van der Waals surface area contributed by atoms with Crippen molar-refractivity contribution in [3.8, 4) is 16.9 Å². The fraction of sp³-hybridized carbons (Fsp3) is 0.533. The normalized spacial score (nSPS) is 25.6. The first-order valence-electron chi connectivity index (χ1n) is 12.7. The molecule has 2 saturated carbocycles. The molecule has 4 atom stereocenters. The van der Waals surface area contributed by atoms with Crippen molar-refractivity contribution < 1.29 is 4.74 Å². The van der Waals surface area contributed by atoms with E-state index in [0.29, 0.717) is 6.61 Å². The predicted molar refractivity (Wildman–Crippen MR) is 133 cm³/mol. The maximum absolute atomic E-state index is 5.60. The van der Waals surface area contributed by atoms with Gasteiger partial charge in [-0.2, -0.15) is 0 Å². The van der Waals surface area contributed by atoms with Crippen LogP contribution in [0, 0.1) is 17.8 Å². The molecule has 0 amide bonds. The summed E-state index contributed by atoms with van der Waals surface area (Å²) in [6, 6.07) is 17.8. The van der Waals surface area contributed by atoms with Crippen molar-refractivity contribution in [2.75, 3.05) is 6.61 Å². The van der Waals surface area contributed by atoms with Crippen LogP contribution in [0.4, 0.5) is 0 Å². The van der Waals surface area contributed by atoms with Crippen LogP contribution in [-0.4, -0.2) is 6.61 Å². The van der Waals surface area contributed by atoms with Crippen LogP contribution in [0.3, 0.4) is 0 Å². The number of unbranched alkanes of at least 4 members (excludes halogenated alkanes) is 2. The lowest BCUT2D eigenvalue weighted by molar-refractivity contribution is 0.113. The van der Waals surface area contributed by atoms with Crippen LogP contribution in [0.2, 0.25) is 0 Å². The topological polar surface area (TPSA) is 9.23 Å². The molecule has 0 spiro atoms. The van der Waals surface area contributed by atoms with Gasteiger partial charge in [0, 0.05) is 0 Å². The van der Waals surface area contributed by atoms with Crippen LogP contribution in [0.1, 0.15) is 82.6 Å². The molecular weight excluding hydrogens is 376 g/mol. The lowest BCUT2D eigenvalue weighted by Gasteiger charge is -2.42. The Bertz CT molecular complexity index is 803. The fourth-order valence-electron chi connectivity index (χ4n) is 6.08. The summed E-state index contributed by atoms with van der Waals surface area (Å²) in [7, 11) is 0. The van der Waals surface area contributed by atoms with E-state index < -0.39 is 0 Å². The summed E-state index contributed by atoms with van der Waals surface area (Å²) < 4.78 is 5.60. The van der Waals surface area contributed by atoms with E-state index in [1.54, 1.807) is 11.6 Å². The van der Waals surface area contributed by atoms with Crippen molar-refractivity contribution in [1.29, 1.82) is 0 Å². The number of hydrogen-bond acceptors (Lipinski definition) is 1. The highest BCUT2D eigenvalue weighted by Crippen LogP contribution is 2.48. The van der Waals surface area contributed by atoms with E-state index in [4.69, 9.17) is 4.74 Å². The minimum Gasteiger partial charge on any atom is -0.490 e. The average Bonchev–Trinajstić information content (AvgIpc) is 2.83. The van der Waals surface area contributed by atoms with Crippen molar-refractivity contribution >= 4 is 0 Å². The third kappa shape index (κ3) is 5.82. The van der Waals surface area contributed by atoms with Gasteiger partial charge in [0.25, 0.3) is 0 Å². The molecule has 31 heavy (non-hydrogen) atoms. The molecule has 0 saturated heterocycles. The van der Waals surface area contributed by atoms with Gasteiger partial charge in [0.05, 0.1) is 0 Å². The first-order chi connectivity index (χ1) is 15.3. The Morgan fingerprint density at radius 1 is 0.839 bits per heavy atom. The van der Waals surface area contributed by atoms with E-state index in [0.717, 1.165) is 29.4 Å². The average molecular weight is 417 g/mol. The van der Waals surface area contributed by atoms with Crippen LogP contribution in [0.5, 0.6) is 5.75 Å². The molecular formula is C30H40O. The summed E-state index contributed by atoms with van der Waals surface area (Å²) in [5, 5.41) is 0. The number of hydrogen-bond donors (Lipinski definition) is 0. The van der Waals surface area contributed by atoms with Gasteiger partial charge >= 0.3 is 0 Å². The molecule has 166 valence electrons.